The van der Waals surface area contributed by atoms with Gasteiger partial charge in [0.15, 0.2) is 0 Å². The Labute approximate surface area is 184 Å². The highest BCUT2D eigenvalue weighted by Crippen LogP contribution is 2.22. The molecular formula is C21H32N4O5S. The van der Waals surface area contributed by atoms with Crippen LogP contribution in [0.15, 0.2) is 29.2 Å². The van der Waals surface area contributed by atoms with Crippen LogP contribution in [0.2, 0.25) is 0 Å². The second-order valence-electron chi connectivity index (χ2n) is 8.24. The first kappa shape index (κ1) is 23.5. The number of hydrogen-bond acceptors (Lipinski definition) is 6. The van der Waals surface area contributed by atoms with Crippen LogP contribution in [0, 0.1) is 0 Å². The van der Waals surface area contributed by atoms with Crippen LogP contribution in [-0.2, 0) is 26.0 Å². The fourth-order valence-corrected chi connectivity index (χ4v) is 5.38. The van der Waals surface area contributed by atoms with Gasteiger partial charge in [-0.05, 0) is 37.6 Å². The standard InChI is InChI=1S/C21H32N4O5S/c1-22(2)31(28,29)19-9-5-4-8-17(19)14-20(26)25-13-12-24(21(27)30-3)16-18(25)15-23-10-6-7-11-23/h4-5,8-9,18H,6-7,10-16H2,1-3H3. The number of piperazine rings is 1. The summed E-state index contributed by atoms with van der Waals surface area (Å²) in [6.45, 7) is 3.87. The van der Waals surface area contributed by atoms with Crippen molar-refractivity contribution in [2.75, 3.05) is 60.5 Å². The number of rotatable bonds is 6. The molecule has 2 fully saturated rings. The Hall–Kier alpha value is -2.17. The van der Waals surface area contributed by atoms with Gasteiger partial charge in [0.25, 0.3) is 0 Å². The van der Waals surface area contributed by atoms with E-state index in [2.05, 4.69) is 4.90 Å². The van der Waals surface area contributed by atoms with Gasteiger partial charge in [-0.25, -0.2) is 17.5 Å². The molecule has 2 aliphatic heterocycles. The predicted molar refractivity (Wildman–Crippen MR) is 116 cm³/mol. The summed E-state index contributed by atoms with van der Waals surface area (Å²) in [4.78, 5) is 31.3. The van der Waals surface area contributed by atoms with Crippen LogP contribution in [-0.4, -0.2) is 106 Å². The fraction of sp³-hybridized carbons (Fsp3) is 0.619. The van der Waals surface area contributed by atoms with Crippen molar-refractivity contribution < 1.29 is 22.7 Å². The minimum Gasteiger partial charge on any atom is -0.453 e. The van der Waals surface area contributed by atoms with E-state index in [0.29, 0.717) is 31.7 Å². The lowest BCUT2D eigenvalue weighted by molar-refractivity contribution is -0.135. The van der Waals surface area contributed by atoms with E-state index in [0.717, 1.165) is 30.2 Å². The lowest BCUT2D eigenvalue weighted by atomic mass is 10.1. The summed E-state index contributed by atoms with van der Waals surface area (Å²) < 4.78 is 31.4. The average Bonchev–Trinajstić information content (AvgIpc) is 3.26. The SMILES string of the molecule is COC(=O)N1CCN(C(=O)Cc2ccccc2S(=O)(=O)N(C)C)C(CN2CCCC2)C1. The van der Waals surface area contributed by atoms with Gasteiger partial charge in [-0.1, -0.05) is 18.2 Å². The first-order valence-electron chi connectivity index (χ1n) is 10.6. The summed E-state index contributed by atoms with van der Waals surface area (Å²) in [6, 6.07) is 6.48. The molecule has 0 aliphatic carbocycles. The fourth-order valence-electron chi connectivity index (χ4n) is 4.26. The van der Waals surface area contributed by atoms with E-state index < -0.39 is 10.0 Å². The van der Waals surface area contributed by atoms with Gasteiger partial charge in [0, 0.05) is 40.3 Å². The molecule has 1 aromatic carbocycles. The number of hydrogen-bond donors (Lipinski definition) is 0. The van der Waals surface area contributed by atoms with Crippen LogP contribution in [0.4, 0.5) is 4.79 Å². The maximum atomic E-state index is 13.3. The highest BCUT2D eigenvalue weighted by atomic mass is 32.2. The van der Waals surface area contributed by atoms with Crippen molar-refractivity contribution in [1.29, 1.82) is 0 Å². The summed E-state index contributed by atoms with van der Waals surface area (Å²) >= 11 is 0. The van der Waals surface area contributed by atoms with E-state index in [1.165, 1.54) is 27.3 Å². The van der Waals surface area contributed by atoms with Crippen molar-refractivity contribution in [1.82, 2.24) is 19.0 Å². The maximum Gasteiger partial charge on any atom is 0.409 e. The van der Waals surface area contributed by atoms with Gasteiger partial charge in [-0.3, -0.25) is 4.79 Å². The molecule has 2 amide bonds. The number of sulfonamides is 1. The molecule has 0 spiro atoms. The molecule has 0 N–H and O–H groups in total. The molecule has 0 bridgehead atoms. The van der Waals surface area contributed by atoms with Gasteiger partial charge in [0.2, 0.25) is 15.9 Å². The van der Waals surface area contributed by atoms with E-state index in [-0.39, 0.29) is 29.4 Å². The number of amides is 2. The first-order chi connectivity index (χ1) is 14.7. The van der Waals surface area contributed by atoms with Crippen LogP contribution in [0.3, 0.4) is 0 Å². The van der Waals surface area contributed by atoms with Gasteiger partial charge in [0.05, 0.1) is 24.5 Å². The Bertz CT molecular complexity index is 899. The zero-order valence-electron chi connectivity index (χ0n) is 18.5. The van der Waals surface area contributed by atoms with Crippen molar-refractivity contribution >= 4 is 22.0 Å². The highest BCUT2D eigenvalue weighted by molar-refractivity contribution is 7.89. The number of ether oxygens (including phenoxy) is 1. The zero-order valence-corrected chi connectivity index (χ0v) is 19.3. The van der Waals surface area contributed by atoms with Crippen LogP contribution < -0.4 is 0 Å². The summed E-state index contributed by atoms with van der Waals surface area (Å²) in [5.74, 6) is -0.130. The predicted octanol–water partition coefficient (Wildman–Crippen LogP) is 0.854. The van der Waals surface area contributed by atoms with Gasteiger partial charge in [-0.15, -0.1) is 0 Å². The van der Waals surface area contributed by atoms with Gasteiger partial charge < -0.3 is 19.4 Å². The zero-order chi connectivity index (χ0) is 22.6. The molecular weight excluding hydrogens is 420 g/mol. The summed E-state index contributed by atoms with van der Waals surface area (Å²) in [7, 11) is 0.661. The highest BCUT2D eigenvalue weighted by Gasteiger charge is 2.35. The molecule has 2 heterocycles. The maximum absolute atomic E-state index is 13.3. The Morgan fingerprint density at radius 3 is 2.42 bits per heavy atom. The lowest BCUT2D eigenvalue weighted by Gasteiger charge is -2.42. The summed E-state index contributed by atoms with van der Waals surface area (Å²) in [5, 5.41) is 0. The van der Waals surface area contributed by atoms with E-state index in [1.807, 2.05) is 0 Å². The van der Waals surface area contributed by atoms with Crippen molar-refractivity contribution in [2.45, 2.75) is 30.2 Å². The van der Waals surface area contributed by atoms with Crippen LogP contribution in [0.25, 0.3) is 0 Å². The molecule has 1 aromatic rings. The third kappa shape index (κ3) is 5.36. The lowest BCUT2D eigenvalue weighted by Crippen LogP contribution is -2.59. The molecule has 3 rings (SSSR count). The Kier molecular flexibility index (Phi) is 7.55. The minimum absolute atomic E-state index is 0.00202. The number of benzene rings is 1. The van der Waals surface area contributed by atoms with Gasteiger partial charge in [-0.2, -0.15) is 0 Å². The Morgan fingerprint density at radius 2 is 1.77 bits per heavy atom. The molecule has 31 heavy (non-hydrogen) atoms. The van der Waals surface area contributed by atoms with Crippen molar-refractivity contribution in [3.63, 3.8) is 0 Å². The van der Waals surface area contributed by atoms with E-state index in [9.17, 15) is 18.0 Å². The molecule has 1 unspecified atom stereocenters. The molecule has 0 aromatic heterocycles. The number of carbonyl (C=O) groups excluding carboxylic acids is 2. The van der Waals surface area contributed by atoms with Gasteiger partial charge >= 0.3 is 6.09 Å². The van der Waals surface area contributed by atoms with Crippen LogP contribution in [0.5, 0.6) is 0 Å². The summed E-state index contributed by atoms with van der Waals surface area (Å²) in [5.41, 5.74) is 0.483. The second kappa shape index (κ2) is 9.97. The molecule has 0 saturated carbocycles. The van der Waals surface area contributed by atoms with Crippen molar-refractivity contribution in [3.05, 3.63) is 29.8 Å². The third-order valence-electron chi connectivity index (χ3n) is 5.98. The largest absolute Gasteiger partial charge is 0.453 e. The number of carbonyl (C=O) groups is 2. The normalized spacial score (nSPS) is 20.3. The Morgan fingerprint density at radius 1 is 1.10 bits per heavy atom. The van der Waals surface area contributed by atoms with Gasteiger partial charge in [0.1, 0.15) is 0 Å². The van der Waals surface area contributed by atoms with Crippen LogP contribution in [0.1, 0.15) is 18.4 Å². The van der Waals surface area contributed by atoms with Crippen molar-refractivity contribution in [3.8, 4) is 0 Å². The van der Waals surface area contributed by atoms with Crippen molar-refractivity contribution in [2.24, 2.45) is 0 Å². The topological polar surface area (TPSA) is 90.5 Å². The molecule has 1 atom stereocenters. The third-order valence-corrected chi connectivity index (χ3v) is 7.89. The molecule has 2 saturated heterocycles. The number of likely N-dealkylation sites (tertiary alicyclic amines) is 1. The molecule has 9 nitrogen and oxygen atoms in total. The first-order valence-corrected chi connectivity index (χ1v) is 12.0. The smallest absolute Gasteiger partial charge is 0.409 e. The molecule has 0 radical (unpaired) electrons. The molecule has 10 heteroatoms. The minimum atomic E-state index is -3.65. The summed E-state index contributed by atoms with van der Waals surface area (Å²) in [6.07, 6.45) is 1.88. The average molecular weight is 453 g/mol. The van der Waals surface area contributed by atoms with E-state index in [4.69, 9.17) is 4.74 Å². The Balaban J connectivity index is 1.80. The van der Waals surface area contributed by atoms with E-state index in [1.54, 1.807) is 28.0 Å². The number of methoxy groups -OCH3 is 1. The monoisotopic (exact) mass is 452 g/mol. The quantitative estimate of drug-likeness (QED) is 0.636. The van der Waals surface area contributed by atoms with Crippen LogP contribution >= 0.6 is 0 Å². The van der Waals surface area contributed by atoms with E-state index >= 15 is 0 Å². The second-order valence-corrected chi connectivity index (χ2v) is 10.4. The molecule has 172 valence electrons. The molecule has 2 aliphatic rings. The number of nitrogens with zero attached hydrogens (tertiary/aromatic N) is 4.